The molecule has 0 aliphatic carbocycles. The van der Waals surface area contributed by atoms with Crippen LogP contribution in [0.3, 0.4) is 0 Å². The fraction of sp³-hybridized carbons (Fsp3) is 0.270. The summed E-state index contributed by atoms with van der Waals surface area (Å²) in [6.45, 7) is -0.371. The first-order chi connectivity index (χ1) is 23.6. The number of hydrogen-bond donors (Lipinski definition) is 4. The van der Waals surface area contributed by atoms with Crippen LogP contribution in [0.2, 0.25) is 0 Å². The number of Topliss-reactive ketones (excluding diaryl/α,β-unsaturated/α-hetero) is 1. The fourth-order valence-electron chi connectivity index (χ4n) is 5.57. The summed E-state index contributed by atoms with van der Waals surface area (Å²) in [5, 5.41) is 20.4. The van der Waals surface area contributed by atoms with Gasteiger partial charge in [0.25, 0.3) is 5.91 Å². The highest BCUT2D eigenvalue weighted by Crippen LogP contribution is 2.20. The SMILES string of the molecule is O=C1COc2ccc(cc2)C[C@@H](C(=O)O)CC(=O)[C@H](Cc2ccccc2)NC(=O)[C@H](Cc2ccc(Br)cc2)NC(=O)[C@H](Cc2cccs2)N1. The van der Waals surface area contributed by atoms with E-state index >= 15 is 0 Å². The molecule has 1 aromatic heterocycles. The Labute approximate surface area is 296 Å². The number of aliphatic carboxylic acids is 1. The second kappa shape index (κ2) is 17.0. The molecule has 2 aliphatic rings. The van der Waals surface area contributed by atoms with Crippen LogP contribution in [-0.2, 0) is 49.7 Å². The van der Waals surface area contributed by atoms with E-state index in [0.29, 0.717) is 11.3 Å². The van der Waals surface area contributed by atoms with Crippen molar-refractivity contribution in [1.29, 1.82) is 0 Å². The van der Waals surface area contributed by atoms with Crippen molar-refractivity contribution < 1.29 is 33.8 Å². The summed E-state index contributed by atoms with van der Waals surface area (Å²) in [6, 6.07) is 23.5. The molecule has 0 saturated carbocycles. The molecule has 12 heteroatoms. The molecule has 4 N–H and O–H groups in total. The fourth-order valence-corrected chi connectivity index (χ4v) is 6.58. The molecule has 3 heterocycles. The Morgan fingerprint density at radius 2 is 1.37 bits per heavy atom. The normalized spacial score (nSPS) is 20.9. The van der Waals surface area contributed by atoms with Crippen molar-refractivity contribution in [2.24, 2.45) is 5.92 Å². The number of thiophene rings is 1. The number of amides is 3. The van der Waals surface area contributed by atoms with Crippen LogP contribution in [0.25, 0.3) is 0 Å². The zero-order chi connectivity index (χ0) is 34.8. The lowest BCUT2D eigenvalue weighted by Gasteiger charge is -2.26. The largest absolute Gasteiger partial charge is 0.484 e. The number of carboxylic acid groups (broad SMARTS) is 1. The first kappa shape index (κ1) is 35.5. The highest BCUT2D eigenvalue weighted by Gasteiger charge is 2.32. The smallest absolute Gasteiger partial charge is 0.307 e. The Morgan fingerprint density at radius 3 is 2.02 bits per heavy atom. The Hall–Kier alpha value is -4.81. The Balaban J connectivity index is 1.50. The van der Waals surface area contributed by atoms with Crippen LogP contribution in [0.1, 0.15) is 28.0 Å². The topological polar surface area (TPSA) is 151 Å². The van der Waals surface area contributed by atoms with E-state index in [2.05, 4.69) is 31.9 Å². The number of halogens is 1. The van der Waals surface area contributed by atoms with Crippen LogP contribution in [0.15, 0.2) is 101 Å². The van der Waals surface area contributed by atoms with Gasteiger partial charge in [0.05, 0.1) is 12.0 Å². The van der Waals surface area contributed by atoms with Gasteiger partial charge in [-0.2, -0.15) is 0 Å². The van der Waals surface area contributed by atoms with Crippen molar-refractivity contribution >= 4 is 56.7 Å². The highest BCUT2D eigenvalue weighted by atomic mass is 79.9. The summed E-state index contributed by atoms with van der Waals surface area (Å²) in [4.78, 5) is 68.1. The van der Waals surface area contributed by atoms with Crippen LogP contribution < -0.4 is 20.7 Å². The van der Waals surface area contributed by atoms with Gasteiger partial charge in [0.15, 0.2) is 12.4 Å². The maximum absolute atomic E-state index is 14.1. The van der Waals surface area contributed by atoms with Gasteiger partial charge in [0, 0.05) is 28.6 Å². The van der Waals surface area contributed by atoms with Crippen LogP contribution in [0.4, 0.5) is 0 Å². The first-order valence-corrected chi connectivity index (χ1v) is 17.5. The van der Waals surface area contributed by atoms with Crippen molar-refractivity contribution in [2.75, 3.05) is 6.61 Å². The quantitative estimate of drug-likeness (QED) is 0.206. The zero-order valence-electron chi connectivity index (χ0n) is 26.5. The summed E-state index contributed by atoms with van der Waals surface area (Å²) >= 11 is 4.85. The molecule has 49 heavy (non-hydrogen) atoms. The van der Waals surface area contributed by atoms with E-state index in [4.69, 9.17) is 4.74 Å². The van der Waals surface area contributed by atoms with Crippen molar-refractivity contribution in [3.63, 3.8) is 0 Å². The molecular formula is C37H36BrN3O7S. The van der Waals surface area contributed by atoms with Gasteiger partial charge in [-0.1, -0.05) is 76.6 Å². The molecule has 10 nitrogen and oxygen atoms in total. The maximum Gasteiger partial charge on any atom is 0.307 e. The number of rotatable bonds is 7. The number of fused-ring (bicyclic) bond motifs is 16. The Bertz CT molecular complexity index is 1750. The zero-order valence-corrected chi connectivity index (χ0v) is 28.9. The first-order valence-electron chi connectivity index (χ1n) is 15.8. The van der Waals surface area contributed by atoms with Crippen LogP contribution in [-0.4, -0.2) is 59.3 Å². The molecule has 0 unspecified atom stereocenters. The number of benzene rings is 3. The molecule has 6 rings (SSSR count). The standard InChI is InChI=1S/C37H36BrN3O7S/c38-27-12-8-25(9-13-27)19-31-35(44)40-30(18-23-5-2-1-3-6-23)33(42)20-26(37(46)47)17-24-10-14-28(15-11-24)48-22-34(43)39-32(36(45)41-31)21-29-7-4-16-49-29/h1-16,26,30-32H,17-22H2,(H,39,43)(H,40,44)(H,41,45)(H,46,47)/t26-,30+,31+,32+/m1/s1. The van der Waals surface area contributed by atoms with E-state index in [9.17, 15) is 29.1 Å². The highest BCUT2D eigenvalue weighted by molar-refractivity contribution is 9.10. The summed E-state index contributed by atoms with van der Waals surface area (Å²) in [7, 11) is 0. The van der Waals surface area contributed by atoms with Crippen LogP contribution in [0.5, 0.6) is 5.75 Å². The number of carboxylic acids is 1. The lowest BCUT2D eigenvalue weighted by molar-refractivity contribution is -0.144. The van der Waals surface area contributed by atoms with Crippen molar-refractivity contribution in [1.82, 2.24) is 16.0 Å². The van der Waals surface area contributed by atoms with Crippen LogP contribution in [0, 0.1) is 5.92 Å². The average Bonchev–Trinajstić information content (AvgIpc) is 3.61. The molecule has 2 aliphatic heterocycles. The van der Waals surface area contributed by atoms with Crippen molar-refractivity contribution in [3.05, 3.63) is 122 Å². The predicted molar refractivity (Wildman–Crippen MR) is 188 cm³/mol. The lowest BCUT2D eigenvalue weighted by Crippen LogP contribution is -2.57. The van der Waals surface area contributed by atoms with E-state index in [1.807, 2.05) is 72.1 Å². The Kier molecular flexibility index (Phi) is 12.3. The summed E-state index contributed by atoms with van der Waals surface area (Å²) < 4.78 is 6.50. The van der Waals surface area contributed by atoms with Gasteiger partial charge >= 0.3 is 5.97 Å². The van der Waals surface area contributed by atoms with Gasteiger partial charge in [-0.25, -0.2) is 0 Å². The monoisotopic (exact) mass is 745 g/mol. The summed E-state index contributed by atoms with van der Waals surface area (Å²) in [6.07, 6.45) is 0.143. The minimum atomic E-state index is -1.14. The van der Waals surface area contributed by atoms with Gasteiger partial charge in [-0.05, 0) is 65.2 Å². The minimum Gasteiger partial charge on any atom is -0.484 e. The molecule has 2 bridgehead atoms. The number of ether oxygens (including phenoxy) is 1. The molecule has 0 fully saturated rings. The van der Waals surface area contributed by atoms with Gasteiger partial charge in [0.2, 0.25) is 11.8 Å². The third kappa shape index (κ3) is 10.6. The summed E-state index contributed by atoms with van der Waals surface area (Å²) in [5.74, 6) is -4.00. The molecule has 254 valence electrons. The van der Waals surface area contributed by atoms with Gasteiger partial charge < -0.3 is 25.8 Å². The molecule has 0 radical (unpaired) electrons. The van der Waals surface area contributed by atoms with E-state index in [1.165, 1.54) is 11.3 Å². The van der Waals surface area contributed by atoms with Gasteiger partial charge in [-0.3, -0.25) is 24.0 Å². The summed E-state index contributed by atoms with van der Waals surface area (Å²) in [5.41, 5.74) is 2.18. The van der Waals surface area contributed by atoms with E-state index in [-0.39, 0.29) is 38.7 Å². The van der Waals surface area contributed by atoms with Crippen LogP contribution >= 0.6 is 27.3 Å². The lowest BCUT2D eigenvalue weighted by atomic mass is 9.90. The number of carbonyl (C=O) groups excluding carboxylic acids is 4. The molecule has 0 saturated heterocycles. The van der Waals surface area contributed by atoms with E-state index in [1.54, 1.807) is 24.3 Å². The predicted octanol–water partition coefficient (Wildman–Crippen LogP) is 4.29. The molecule has 3 amide bonds. The second-order valence-corrected chi connectivity index (χ2v) is 13.8. The number of ketones is 1. The van der Waals surface area contributed by atoms with Gasteiger partial charge in [0.1, 0.15) is 17.8 Å². The molecule has 0 spiro atoms. The molecule has 3 aromatic carbocycles. The molecular weight excluding hydrogens is 710 g/mol. The number of hydrogen-bond acceptors (Lipinski definition) is 7. The number of carbonyl (C=O) groups is 5. The van der Waals surface area contributed by atoms with E-state index in [0.717, 1.165) is 20.5 Å². The third-order valence-electron chi connectivity index (χ3n) is 8.18. The minimum absolute atomic E-state index is 0.0699. The Morgan fingerprint density at radius 1 is 0.735 bits per heavy atom. The maximum atomic E-state index is 14.1. The third-order valence-corrected chi connectivity index (χ3v) is 9.61. The van der Waals surface area contributed by atoms with Crippen molar-refractivity contribution in [3.8, 4) is 5.75 Å². The molecule has 4 aromatic rings. The average molecular weight is 747 g/mol. The van der Waals surface area contributed by atoms with E-state index < -0.39 is 53.5 Å². The number of nitrogens with one attached hydrogen (secondary N) is 3. The second-order valence-electron chi connectivity index (χ2n) is 11.9. The van der Waals surface area contributed by atoms with Crippen molar-refractivity contribution in [2.45, 2.75) is 50.2 Å². The van der Waals surface area contributed by atoms with Gasteiger partial charge in [-0.15, -0.1) is 11.3 Å². The molecule has 4 atom stereocenters.